The molecule has 1 aromatic rings. The normalized spacial score (nSPS) is 22.7. The van der Waals surface area contributed by atoms with Crippen LogP contribution in [0.25, 0.3) is 0 Å². The molecule has 2 unspecified atom stereocenters. The van der Waals surface area contributed by atoms with Gasteiger partial charge in [0.2, 0.25) is 0 Å². The molecule has 1 fully saturated rings. The van der Waals surface area contributed by atoms with Crippen LogP contribution in [0, 0.1) is 6.92 Å². The van der Waals surface area contributed by atoms with Gasteiger partial charge in [0.25, 0.3) is 0 Å². The molecule has 2 rings (SSSR count). The van der Waals surface area contributed by atoms with Crippen molar-refractivity contribution in [2.75, 3.05) is 18.6 Å². The number of carbonyl (C=O) groups excluding carboxylic acids is 1. The van der Waals surface area contributed by atoms with Gasteiger partial charge in [-0.25, -0.2) is 9.78 Å². The van der Waals surface area contributed by atoms with Gasteiger partial charge in [-0.2, -0.15) is 11.8 Å². The van der Waals surface area contributed by atoms with Gasteiger partial charge in [0.05, 0.1) is 6.61 Å². The minimum atomic E-state index is -0.430. The summed E-state index contributed by atoms with van der Waals surface area (Å²) in [7, 11) is 0. The number of nitrogens with two attached hydrogens (primary N) is 1. The molecule has 106 valence electrons. The van der Waals surface area contributed by atoms with Crippen molar-refractivity contribution < 1.29 is 9.53 Å². The molecule has 0 aliphatic heterocycles. The van der Waals surface area contributed by atoms with Crippen molar-refractivity contribution in [2.45, 2.75) is 44.4 Å². The van der Waals surface area contributed by atoms with Crippen molar-refractivity contribution in [3.8, 4) is 0 Å². The average Bonchev–Trinajstić information content (AvgIpc) is 2.94. The fourth-order valence-electron chi connectivity index (χ4n) is 2.81. The molecule has 0 aromatic carbocycles. The number of anilines is 1. The van der Waals surface area contributed by atoms with E-state index in [2.05, 4.69) is 11.2 Å². The summed E-state index contributed by atoms with van der Waals surface area (Å²) in [6.07, 6.45) is 5.60. The third kappa shape index (κ3) is 2.59. The first kappa shape index (κ1) is 14.2. The highest BCUT2D eigenvalue weighted by atomic mass is 32.2. The highest BCUT2D eigenvalue weighted by Gasteiger charge is 2.32. The number of hydrogen-bond donors (Lipinski definition) is 1. The Bertz CT molecular complexity index is 473. The second-order valence-corrected chi connectivity index (χ2v) is 5.83. The molecule has 1 saturated carbocycles. The zero-order valence-electron chi connectivity index (χ0n) is 11.7. The number of nitrogens with zero attached hydrogens (tertiary/aromatic N) is 2. The van der Waals surface area contributed by atoms with Crippen molar-refractivity contribution >= 4 is 23.5 Å². The molecule has 2 atom stereocenters. The molecule has 1 heterocycles. The summed E-state index contributed by atoms with van der Waals surface area (Å²) < 4.78 is 7.01. The third-order valence-electron chi connectivity index (χ3n) is 3.65. The quantitative estimate of drug-likeness (QED) is 0.859. The first-order valence-electron chi connectivity index (χ1n) is 6.64. The standard InChI is InChI=1S/C13H21N3O2S/c1-4-18-13(17)11-12(14)16(8(2)15-11)9-6-5-7-10(9)19-3/h9-10H,4-7,14H2,1-3H3. The largest absolute Gasteiger partial charge is 0.461 e. The van der Waals surface area contributed by atoms with E-state index in [0.29, 0.717) is 23.7 Å². The molecule has 5 nitrogen and oxygen atoms in total. The van der Waals surface area contributed by atoms with Crippen LogP contribution in [0.3, 0.4) is 0 Å². The topological polar surface area (TPSA) is 70.1 Å². The first-order chi connectivity index (χ1) is 9.10. The van der Waals surface area contributed by atoms with Crippen molar-refractivity contribution in [3.05, 3.63) is 11.5 Å². The molecule has 1 aliphatic carbocycles. The fourth-order valence-corrected chi connectivity index (χ4v) is 3.78. The molecule has 2 N–H and O–H groups in total. The average molecular weight is 283 g/mol. The van der Waals surface area contributed by atoms with Gasteiger partial charge in [-0.1, -0.05) is 6.42 Å². The molecule has 0 amide bonds. The van der Waals surface area contributed by atoms with Crippen molar-refractivity contribution in [3.63, 3.8) is 0 Å². The maximum atomic E-state index is 11.8. The second-order valence-electron chi connectivity index (χ2n) is 4.76. The van der Waals surface area contributed by atoms with Gasteiger partial charge < -0.3 is 15.0 Å². The Labute approximate surface area is 117 Å². The van der Waals surface area contributed by atoms with Crippen LogP contribution in [0.5, 0.6) is 0 Å². The smallest absolute Gasteiger partial charge is 0.360 e. The van der Waals surface area contributed by atoms with Crippen LogP contribution in [0.15, 0.2) is 0 Å². The van der Waals surface area contributed by atoms with Gasteiger partial charge >= 0.3 is 5.97 Å². The number of ether oxygens (including phenoxy) is 1. The highest BCUT2D eigenvalue weighted by Crippen LogP contribution is 2.39. The van der Waals surface area contributed by atoms with E-state index in [4.69, 9.17) is 10.5 Å². The van der Waals surface area contributed by atoms with Gasteiger partial charge in [-0.3, -0.25) is 0 Å². The molecule has 6 heteroatoms. The number of aryl methyl sites for hydroxylation is 1. The predicted octanol–water partition coefficient (Wildman–Crippen LogP) is 2.41. The summed E-state index contributed by atoms with van der Waals surface area (Å²) in [6.45, 7) is 4.01. The maximum absolute atomic E-state index is 11.8. The summed E-state index contributed by atoms with van der Waals surface area (Å²) in [5.41, 5.74) is 6.38. The molecular weight excluding hydrogens is 262 g/mol. The Morgan fingerprint density at radius 1 is 1.58 bits per heavy atom. The van der Waals surface area contributed by atoms with E-state index in [0.717, 1.165) is 12.2 Å². The Kier molecular flexibility index (Phi) is 4.39. The lowest BCUT2D eigenvalue weighted by Gasteiger charge is -2.21. The van der Waals surface area contributed by atoms with Crippen LogP contribution in [0.2, 0.25) is 0 Å². The lowest BCUT2D eigenvalue weighted by molar-refractivity contribution is 0.0521. The Morgan fingerprint density at radius 3 is 2.95 bits per heavy atom. The Balaban J connectivity index is 2.34. The van der Waals surface area contributed by atoms with Gasteiger partial charge in [0.1, 0.15) is 11.6 Å². The SMILES string of the molecule is CCOC(=O)c1nc(C)n(C2CCCC2SC)c1N. The van der Waals surface area contributed by atoms with Crippen LogP contribution in [0.1, 0.15) is 48.5 Å². The van der Waals surface area contributed by atoms with Crippen LogP contribution >= 0.6 is 11.8 Å². The van der Waals surface area contributed by atoms with E-state index in [9.17, 15) is 4.79 Å². The monoisotopic (exact) mass is 283 g/mol. The molecule has 19 heavy (non-hydrogen) atoms. The summed E-state index contributed by atoms with van der Waals surface area (Å²) in [4.78, 5) is 16.1. The third-order valence-corrected chi connectivity index (χ3v) is 4.80. The highest BCUT2D eigenvalue weighted by molar-refractivity contribution is 7.99. The van der Waals surface area contributed by atoms with Gasteiger partial charge in [-0.05, 0) is 32.9 Å². The minimum Gasteiger partial charge on any atom is -0.461 e. The van der Waals surface area contributed by atoms with Crippen LogP contribution in [0.4, 0.5) is 5.82 Å². The lowest BCUT2D eigenvalue weighted by atomic mass is 10.2. The molecular formula is C13H21N3O2S. The van der Waals surface area contributed by atoms with Crippen molar-refractivity contribution in [1.29, 1.82) is 0 Å². The summed E-state index contributed by atoms with van der Waals surface area (Å²) in [5.74, 6) is 0.814. The summed E-state index contributed by atoms with van der Waals surface area (Å²) >= 11 is 1.86. The maximum Gasteiger partial charge on any atom is 0.360 e. The molecule has 1 aromatic heterocycles. The fraction of sp³-hybridized carbons (Fsp3) is 0.692. The number of imidazole rings is 1. The van der Waals surface area contributed by atoms with Crippen LogP contribution in [-0.4, -0.2) is 33.6 Å². The number of thioether (sulfide) groups is 1. The summed E-state index contributed by atoms with van der Waals surface area (Å²) in [5, 5.41) is 0.547. The zero-order chi connectivity index (χ0) is 14.0. The van der Waals surface area contributed by atoms with Crippen LogP contribution < -0.4 is 5.73 Å². The van der Waals surface area contributed by atoms with E-state index in [1.807, 2.05) is 23.3 Å². The zero-order valence-corrected chi connectivity index (χ0v) is 12.5. The van der Waals surface area contributed by atoms with Gasteiger partial charge in [0, 0.05) is 11.3 Å². The predicted molar refractivity (Wildman–Crippen MR) is 77.5 cm³/mol. The summed E-state index contributed by atoms with van der Waals surface area (Å²) in [6, 6.07) is 0.339. The second kappa shape index (κ2) is 5.86. The van der Waals surface area contributed by atoms with Gasteiger partial charge in [-0.15, -0.1) is 0 Å². The number of aromatic nitrogens is 2. The van der Waals surface area contributed by atoms with E-state index in [1.165, 1.54) is 12.8 Å². The molecule has 1 aliphatic rings. The number of esters is 1. The minimum absolute atomic E-state index is 0.256. The van der Waals surface area contributed by atoms with Crippen molar-refractivity contribution in [2.24, 2.45) is 0 Å². The molecule has 0 bridgehead atoms. The Morgan fingerprint density at radius 2 is 2.32 bits per heavy atom. The van der Waals surface area contributed by atoms with E-state index < -0.39 is 5.97 Å². The molecule has 0 saturated heterocycles. The first-order valence-corrected chi connectivity index (χ1v) is 7.93. The van der Waals surface area contributed by atoms with Crippen molar-refractivity contribution in [1.82, 2.24) is 9.55 Å². The van der Waals surface area contributed by atoms with Crippen LogP contribution in [-0.2, 0) is 4.74 Å². The van der Waals surface area contributed by atoms with E-state index >= 15 is 0 Å². The molecule has 0 radical (unpaired) electrons. The number of nitrogen functional groups attached to an aromatic ring is 1. The Hall–Kier alpha value is -1.17. The molecule has 0 spiro atoms. The van der Waals surface area contributed by atoms with E-state index in [-0.39, 0.29) is 5.69 Å². The number of hydrogen-bond acceptors (Lipinski definition) is 5. The number of carbonyl (C=O) groups is 1. The number of rotatable bonds is 4. The van der Waals surface area contributed by atoms with Gasteiger partial charge in [0.15, 0.2) is 5.69 Å². The van der Waals surface area contributed by atoms with E-state index in [1.54, 1.807) is 6.92 Å². The lowest BCUT2D eigenvalue weighted by Crippen LogP contribution is -2.19.